The van der Waals surface area contributed by atoms with Crippen LogP contribution in [0.3, 0.4) is 0 Å². The SMILES string of the molecule is CCc1ccc(NC(=O)CNC(=O)C(NC(=O)CCOCCOCCOCCOCCOCCOCCOCCOCCNC(=O)CCC(C)C)C(C)C)cc1. The van der Waals surface area contributed by atoms with Crippen molar-refractivity contribution in [1.29, 1.82) is 0 Å². The van der Waals surface area contributed by atoms with E-state index >= 15 is 0 Å². The van der Waals surface area contributed by atoms with E-state index in [1.165, 1.54) is 0 Å². The molecule has 16 nitrogen and oxygen atoms in total. The molecule has 322 valence electrons. The second-order valence-electron chi connectivity index (χ2n) is 13.5. The van der Waals surface area contributed by atoms with Gasteiger partial charge in [-0.05, 0) is 42.4 Å². The zero-order chi connectivity index (χ0) is 41.1. The lowest BCUT2D eigenvalue weighted by Crippen LogP contribution is -2.51. The van der Waals surface area contributed by atoms with Gasteiger partial charge in [0.1, 0.15) is 6.04 Å². The van der Waals surface area contributed by atoms with E-state index in [9.17, 15) is 19.2 Å². The fraction of sp³-hybridized carbons (Fsp3) is 0.750. The van der Waals surface area contributed by atoms with Crippen molar-refractivity contribution >= 4 is 29.3 Å². The molecular weight excluding hydrogens is 728 g/mol. The number of hydrogen-bond donors (Lipinski definition) is 4. The quantitative estimate of drug-likeness (QED) is 0.0722. The Balaban J connectivity index is 1.86. The highest BCUT2D eigenvalue weighted by Gasteiger charge is 2.24. The molecule has 56 heavy (non-hydrogen) atoms. The van der Waals surface area contributed by atoms with Crippen LogP contribution in [-0.2, 0) is 63.5 Å². The molecular formula is C40H70N4O12. The third-order valence-electron chi connectivity index (χ3n) is 7.93. The van der Waals surface area contributed by atoms with E-state index in [1.807, 2.05) is 38.1 Å². The van der Waals surface area contributed by atoms with Gasteiger partial charge in [-0.15, -0.1) is 0 Å². The first-order chi connectivity index (χ1) is 27.1. The van der Waals surface area contributed by atoms with Crippen molar-refractivity contribution in [2.75, 3.05) is 124 Å². The average molecular weight is 799 g/mol. The highest BCUT2D eigenvalue weighted by atomic mass is 16.6. The number of carbonyl (C=O) groups excluding carboxylic acids is 4. The number of ether oxygens (including phenoxy) is 8. The summed E-state index contributed by atoms with van der Waals surface area (Å²) in [6.07, 6.45) is 2.43. The fourth-order valence-corrected chi connectivity index (χ4v) is 4.66. The van der Waals surface area contributed by atoms with Gasteiger partial charge in [-0.3, -0.25) is 19.2 Å². The molecule has 1 aromatic carbocycles. The van der Waals surface area contributed by atoms with Crippen LogP contribution in [-0.4, -0.2) is 148 Å². The lowest BCUT2D eigenvalue weighted by molar-refractivity contribution is -0.131. The second kappa shape index (κ2) is 35.0. The van der Waals surface area contributed by atoms with Gasteiger partial charge >= 0.3 is 0 Å². The number of rotatable bonds is 37. The Morgan fingerprint density at radius 3 is 1.41 bits per heavy atom. The molecule has 0 aliphatic heterocycles. The summed E-state index contributed by atoms with van der Waals surface area (Å²) in [7, 11) is 0. The first-order valence-electron chi connectivity index (χ1n) is 20.0. The fourth-order valence-electron chi connectivity index (χ4n) is 4.66. The highest BCUT2D eigenvalue weighted by molar-refractivity contribution is 5.96. The van der Waals surface area contributed by atoms with Crippen molar-refractivity contribution in [2.24, 2.45) is 11.8 Å². The van der Waals surface area contributed by atoms with E-state index in [0.717, 1.165) is 18.4 Å². The molecule has 1 aromatic rings. The Hall–Kier alpha value is -3.22. The standard InChI is InChI=1S/C40H70N4O12/c1-6-34-8-10-35(11-9-34)43-38(47)31-42-40(48)39(33(4)5)44-37(46)13-15-49-17-19-51-21-23-53-25-27-55-29-30-56-28-26-54-24-22-52-20-18-50-16-14-41-36(45)12-7-32(2)3/h8-11,32-33,39H,6-7,12-31H2,1-5H3,(H,41,45)(H,42,48)(H,43,47)(H,44,46). The molecule has 0 saturated heterocycles. The summed E-state index contributed by atoms with van der Waals surface area (Å²) in [6.45, 7) is 17.0. The number of aryl methyl sites for hydroxylation is 1. The predicted octanol–water partition coefficient (Wildman–Crippen LogP) is 2.52. The number of amides is 4. The van der Waals surface area contributed by atoms with Gasteiger partial charge in [0.2, 0.25) is 23.6 Å². The van der Waals surface area contributed by atoms with Crippen LogP contribution in [0.5, 0.6) is 0 Å². The van der Waals surface area contributed by atoms with Crippen LogP contribution in [0.2, 0.25) is 0 Å². The number of hydrogen-bond acceptors (Lipinski definition) is 12. The van der Waals surface area contributed by atoms with E-state index in [-0.39, 0.29) is 43.2 Å². The molecule has 0 aromatic heterocycles. The molecule has 1 rings (SSSR count). The lowest BCUT2D eigenvalue weighted by Gasteiger charge is -2.21. The first-order valence-corrected chi connectivity index (χ1v) is 20.0. The molecule has 16 heteroatoms. The maximum atomic E-state index is 12.7. The monoisotopic (exact) mass is 798 g/mol. The van der Waals surface area contributed by atoms with Crippen molar-refractivity contribution < 1.29 is 57.1 Å². The summed E-state index contributed by atoms with van der Waals surface area (Å²) in [5.74, 6) is -0.685. The second-order valence-corrected chi connectivity index (χ2v) is 13.5. The Labute approximate surface area is 334 Å². The topological polar surface area (TPSA) is 190 Å². The largest absolute Gasteiger partial charge is 0.379 e. The molecule has 0 saturated carbocycles. The summed E-state index contributed by atoms with van der Waals surface area (Å²) in [4.78, 5) is 49.0. The van der Waals surface area contributed by atoms with E-state index in [0.29, 0.717) is 124 Å². The van der Waals surface area contributed by atoms with Gasteiger partial charge in [-0.2, -0.15) is 0 Å². The molecule has 4 N–H and O–H groups in total. The van der Waals surface area contributed by atoms with Crippen molar-refractivity contribution in [1.82, 2.24) is 16.0 Å². The van der Waals surface area contributed by atoms with Crippen LogP contribution in [0.1, 0.15) is 59.4 Å². The number of anilines is 1. The molecule has 0 bridgehead atoms. The van der Waals surface area contributed by atoms with Crippen molar-refractivity contribution in [3.05, 3.63) is 29.8 Å². The first kappa shape index (κ1) is 50.8. The van der Waals surface area contributed by atoms with Gasteiger partial charge in [-0.25, -0.2) is 0 Å². The van der Waals surface area contributed by atoms with Gasteiger partial charge in [0.25, 0.3) is 0 Å². The zero-order valence-electron chi connectivity index (χ0n) is 34.5. The average Bonchev–Trinajstić information content (AvgIpc) is 3.18. The molecule has 0 heterocycles. The summed E-state index contributed by atoms with van der Waals surface area (Å²) in [5, 5.41) is 10.9. The molecule has 1 atom stereocenters. The number of nitrogens with one attached hydrogen (secondary N) is 4. The van der Waals surface area contributed by atoms with Gasteiger partial charge in [0, 0.05) is 25.1 Å². The predicted molar refractivity (Wildman–Crippen MR) is 212 cm³/mol. The Morgan fingerprint density at radius 2 is 0.982 bits per heavy atom. The van der Waals surface area contributed by atoms with Crippen LogP contribution < -0.4 is 21.3 Å². The maximum absolute atomic E-state index is 12.7. The van der Waals surface area contributed by atoms with Crippen molar-refractivity contribution in [3.8, 4) is 0 Å². The van der Waals surface area contributed by atoms with Crippen LogP contribution in [0, 0.1) is 11.8 Å². The van der Waals surface area contributed by atoms with Crippen molar-refractivity contribution in [3.63, 3.8) is 0 Å². The zero-order valence-corrected chi connectivity index (χ0v) is 34.5. The van der Waals surface area contributed by atoms with Gasteiger partial charge in [0.15, 0.2) is 0 Å². The highest BCUT2D eigenvalue weighted by Crippen LogP contribution is 2.10. The smallest absolute Gasteiger partial charge is 0.243 e. The Bertz CT molecular complexity index is 1160. The normalized spacial score (nSPS) is 11.8. The molecule has 0 spiro atoms. The van der Waals surface area contributed by atoms with E-state index in [4.69, 9.17) is 37.9 Å². The van der Waals surface area contributed by atoms with Gasteiger partial charge in [0.05, 0.1) is 112 Å². The van der Waals surface area contributed by atoms with Crippen LogP contribution in [0.15, 0.2) is 24.3 Å². The molecule has 4 amide bonds. The third kappa shape index (κ3) is 30.0. The molecule has 0 fully saturated rings. The minimum absolute atomic E-state index is 0.0646. The van der Waals surface area contributed by atoms with E-state index < -0.39 is 11.9 Å². The number of benzene rings is 1. The van der Waals surface area contributed by atoms with E-state index in [1.54, 1.807) is 0 Å². The molecule has 1 unspecified atom stereocenters. The van der Waals surface area contributed by atoms with Crippen LogP contribution >= 0.6 is 0 Å². The molecule has 0 radical (unpaired) electrons. The lowest BCUT2D eigenvalue weighted by atomic mass is 10.0. The van der Waals surface area contributed by atoms with Gasteiger partial charge < -0.3 is 59.2 Å². The maximum Gasteiger partial charge on any atom is 0.243 e. The van der Waals surface area contributed by atoms with Crippen molar-refractivity contribution in [2.45, 2.75) is 66.3 Å². The van der Waals surface area contributed by atoms with Gasteiger partial charge in [-0.1, -0.05) is 46.8 Å². The third-order valence-corrected chi connectivity index (χ3v) is 7.93. The molecule has 0 aliphatic carbocycles. The summed E-state index contributed by atoms with van der Waals surface area (Å²) < 4.78 is 43.8. The summed E-state index contributed by atoms with van der Waals surface area (Å²) >= 11 is 0. The number of carbonyl (C=O) groups is 4. The van der Waals surface area contributed by atoms with Crippen LogP contribution in [0.25, 0.3) is 0 Å². The Morgan fingerprint density at radius 1 is 0.536 bits per heavy atom. The summed E-state index contributed by atoms with van der Waals surface area (Å²) in [5.41, 5.74) is 1.81. The minimum atomic E-state index is -0.777. The van der Waals surface area contributed by atoms with Crippen LogP contribution in [0.4, 0.5) is 5.69 Å². The molecule has 0 aliphatic rings. The van der Waals surface area contributed by atoms with E-state index in [2.05, 4.69) is 42.0 Å². The summed E-state index contributed by atoms with van der Waals surface area (Å²) in [6, 6.07) is 6.73. The minimum Gasteiger partial charge on any atom is -0.379 e. The Kier molecular flexibility index (Phi) is 31.7.